The second kappa shape index (κ2) is 7.12. The SMILES string of the molecule is CC1CNCCN1CC1=C(C#N)C(c2ccccc2Cl)c2cn[nH]c2N1. The summed E-state index contributed by atoms with van der Waals surface area (Å²) in [5, 5.41) is 24.7. The Bertz CT molecular complexity index is 880. The van der Waals surface area contributed by atoms with Crippen molar-refractivity contribution in [1.29, 1.82) is 5.26 Å². The molecule has 2 aromatic rings. The molecule has 26 heavy (non-hydrogen) atoms. The number of piperazine rings is 1. The lowest BCUT2D eigenvalue weighted by Crippen LogP contribution is -2.50. The highest BCUT2D eigenvalue weighted by Gasteiger charge is 2.33. The van der Waals surface area contributed by atoms with Crippen molar-refractivity contribution in [1.82, 2.24) is 20.4 Å². The number of hydrogen-bond donors (Lipinski definition) is 3. The molecule has 7 heteroatoms. The molecule has 2 aliphatic rings. The minimum absolute atomic E-state index is 0.211. The molecule has 1 fully saturated rings. The molecule has 3 N–H and O–H groups in total. The molecule has 2 unspecified atom stereocenters. The van der Waals surface area contributed by atoms with Gasteiger partial charge in [0, 0.05) is 48.5 Å². The molecule has 1 saturated heterocycles. The van der Waals surface area contributed by atoms with E-state index >= 15 is 0 Å². The average molecular weight is 369 g/mol. The number of hydrogen-bond acceptors (Lipinski definition) is 5. The van der Waals surface area contributed by atoms with E-state index in [9.17, 15) is 5.26 Å². The molecule has 2 atom stereocenters. The molecule has 0 bridgehead atoms. The van der Waals surface area contributed by atoms with Crippen molar-refractivity contribution in [3.8, 4) is 6.07 Å². The zero-order valence-electron chi connectivity index (χ0n) is 14.6. The van der Waals surface area contributed by atoms with Gasteiger partial charge in [0.05, 0.1) is 23.8 Å². The normalized spacial score (nSPS) is 23.3. The molecule has 2 aliphatic heterocycles. The van der Waals surface area contributed by atoms with Crippen LogP contribution in [0.15, 0.2) is 41.7 Å². The second-order valence-electron chi connectivity index (χ2n) is 6.81. The van der Waals surface area contributed by atoms with Crippen molar-refractivity contribution in [2.24, 2.45) is 0 Å². The van der Waals surface area contributed by atoms with Crippen LogP contribution in [0.1, 0.15) is 24.0 Å². The van der Waals surface area contributed by atoms with Crippen LogP contribution in [0.3, 0.4) is 0 Å². The van der Waals surface area contributed by atoms with Crippen LogP contribution in [-0.2, 0) is 0 Å². The summed E-state index contributed by atoms with van der Waals surface area (Å²) in [5.74, 6) is 0.628. The van der Waals surface area contributed by atoms with E-state index in [1.54, 1.807) is 6.20 Å². The fraction of sp³-hybridized carbons (Fsp3) is 0.368. The van der Waals surface area contributed by atoms with E-state index in [0.29, 0.717) is 23.2 Å². The van der Waals surface area contributed by atoms with Crippen molar-refractivity contribution in [3.63, 3.8) is 0 Å². The van der Waals surface area contributed by atoms with Gasteiger partial charge in [-0.05, 0) is 18.6 Å². The fourth-order valence-corrected chi connectivity index (χ4v) is 4.02. The van der Waals surface area contributed by atoms with Gasteiger partial charge in [0.25, 0.3) is 0 Å². The highest BCUT2D eigenvalue weighted by molar-refractivity contribution is 6.31. The second-order valence-corrected chi connectivity index (χ2v) is 7.21. The largest absolute Gasteiger partial charge is 0.342 e. The lowest BCUT2D eigenvalue weighted by molar-refractivity contribution is 0.188. The zero-order valence-corrected chi connectivity index (χ0v) is 15.3. The summed E-state index contributed by atoms with van der Waals surface area (Å²) in [6, 6.07) is 10.6. The highest BCUT2D eigenvalue weighted by Crippen LogP contribution is 2.42. The maximum Gasteiger partial charge on any atom is 0.129 e. The molecule has 0 radical (unpaired) electrons. The van der Waals surface area contributed by atoms with Gasteiger partial charge in [-0.2, -0.15) is 10.4 Å². The van der Waals surface area contributed by atoms with Crippen LogP contribution in [0.5, 0.6) is 0 Å². The summed E-state index contributed by atoms with van der Waals surface area (Å²) in [6.07, 6.45) is 1.78. The van der Waals surface area contributed by atoms with Crippen molar-refractivity contribution in [2.45, 2.75) is 18.9 Å². The average Bonchev–Trinajstić information content (AvgIpc) is 3.11. The minimum Gasteiger partial charge on any atom is -0.342 e. The number of halogens is 1. The van der Waals surface area contributed by atoms with Gasteiger partial charge in [0.15, 0.2) is 0 Å². The Balaban J connectivity index is 1.77. The van der Waals surface area contributed by atoms with Crippen molar-refractivity contribution in [3.05, 3.63) is 57.9 Å². The summed E-state index contributed by atoms with van der Waals surface area (Å²) in [4.78, 5) is 2.39. The third-order valence-electron chi connectivity index (χ3n) is 5.21. The predicted molar refractivity (Wildman–Crippen MR) is 102 cm³/mol. The van der Waals surface area contributed by atoms with Gasteiger partial charge in [0.1, 0.15) is 5.82 Å². The van der Waals surface area contributed by atoms with Gasteiger partial charge in [-0.1, -0.05) is 29.8 Å². The van der Waals surface area contributed by atoms with E-state index in [2.05, 4.69) is 38.7 Å². The van der Waals surface area contributed by atoms with E-state index in [1.165, 1.54) is 0 Å². The lowest BCUT2D eigenvalue weighted by atomic mass is 9.83. The Morgan fingerprint density at radius 2 is 2.19 bits per heavy atom. The molecule has 4 rings (SSSR count). The number of aromatic nitrogens is 2. The van der Waals surface area contributed by atoms with Gasteiger partial charge in [-0.25, -0.2) is 0 Å². The summed E-state index contributed by atoms with van der Waals surface area (Å²) in [6.45, 7) is 5.78. The Morgan fingerprint density at radius 3 is 2.96 bits per heavy atom. The monoisotopic (exact) mass is 368 g/mol. The summed E-state index contributed by atoms with van der Waals surface area (Å²) >= 11 is 6.47. The van der Waals surface area contributed by atoms with Crippen LogP contribution in [0, 0.1) is 11.3 Å². The van der Waals surface area contributed by atoms with Crippen LogP contribution < -0.4 is 10.6 Å². The molecule has 0 aliphatic carbocycles. The Kier molecular flexibility index (Phi) is 4.68. The van der Waals surface area contributed by atoms with E-state index in [-0.39, 0.29) is 5.92 Å². The molecule has 134 valence electrons. The van der Waals surface area contributed by atoms with Crippen molar-refractivity contribution >= 4 is 17.4 Å². The van der Waals surface area contributed by atoms with Gasteiger partial charge in [-0.3, -0.25) is 10.00 Å². The number of H-pyrrole nitrogens is 1. The number of nitrogens with one attached hydrogen (secondary N) is 3. The number of nitriles is 1. The van der Waals surface area contributed by atoms with E-state index < -0.39 is 0 Å². The third kappa shape index (κ3) is 2.99. The number of fused-ring (bicyclic) bond motifs is 1. The van der Waals surface area contributed by atoms with Crippen LogP contribution in [0.25, 0.3) is 0 Å². The van der Waals surface area contributed by atoms with Gasteiger partial charge in [0.2, 0.25) is 0 Å². The molecule has 3 heterocycles. The van der Waals surface area contributed by atoms with Gasteiger partial charge < -0.3 is 10.6 Å². The number of aromatic amines is 1. The van der Waals surface area contributed by atoms with E-state index in [4.69, 9.17) is 11.6 Å². The molecule has 6 nitrogen and oxygen atoms in total. The number of rotatable bonds is 3. The number of anilines is 1. The van der Waals surface area contributed by atoms with Crippen LogP contribution in [0.4, 0.5) is 5.82 Å². The first-order valence-corrected chi connectivity index (χ1v) is 9.19. The highest BCUT2D eigenvalue weighted by atomic mass is 35.5. The Hall–Kier alpha value is -2.33. The first kappa shape index (κ1) is 17.1. The number of allylic oxidation sites excluding steroid dienone is 1. The number of benzene rings is 1. The van der Waals surface area contributed by atoms with Gasteiger partial charge in [-0.15, -0.1) is 0 Å². The molecule has 1 aromatic heterocycles. The first-order chi connectivity index (χ1) is 12.7. The van der Waals surface area contributed by atoms with Crippen LogP contribution >= 0.6 is 11.6 Å². The lowest BCUT2D eigenvalue weighted by Gasteiger charge is -2.36. The van der Waals surface area contributed by atoms with Crippen LogP contribution in [0.2, 0.25) is 5.02 Å². The van der Waals surface area contributed by atoms with E-state index in [0.717, 1.165) is 42.3 Å². The summed E-state index contributed by atoms with van der Waals surface area (Å²) in [7, 11) is 0. The smallest absolute Gasteiger partial charge is 0.129 e. The Morgan fingerprint density at radius 1 is 1.35 bits per heavy atom. The number of nitrogens with zero attached hydrogens (tertiary/aromatic N) is 3. The predicted octanol–water partition coefficient (Wildman–Crippen LogP) is 2.69. The minimum atomic E-state index is -0.211. The quantitative estimate of drug-likeness (QED) is 0.776. The molecule has 0 spiro atoms. The zero-order chi connectivity index (χ0) is 18.1. The molecule has 0 saturated carbocycles. The molecule has 1 aromatic carbocycles. The fourth-order valence-electron chi connectivity index (χ4n) is 3.77. The molecular formula is C19H21ClN6. The summed E-state index contributed by atoms with van der Waals surface area (Å²) in [5.41, 5.74) is 3.51. The molecule has 0 amide bonds. The van der Waals surface area contributed by atoms with Crippen molar-refractivity contribution in [2.75, 3.05) is 31.5 Å². The van der Waals surface area contributed by atoms with Gasteiger partial charge >= 0.3 is 0 Å². The Labute approximate surface area is 157 Å². The standard InChI is InChI=1S/C19H21ClN6/c1-12-9-22-6-7-26(12)11-17-14(8-21)18(13-4-2-3-5-16(13)20)15-10-23-25-19(15)24-17/h2-5,10,12,18,22H,6-7,9,11H2,1H3,(H2,23,24,25). The topological polar surface area (TPSA) is 79.8 Å². The summed E-state index contributed by atoms with van der Waals surface area (Å²) < 4.78 is 0. The third-order valence-corrected chi connectivity index (χ3v) is 5.55. The maximum absolute atomic E-state index is 9.99. The van der Waals surface area contributed by atoms with E-state index in [1.807, 2.05) is 24.3 Å². The molecular weight excluding hydrogens is 348 g/mol. The maximum atomic E-state index is 9.99. The van der Waals surface area contributed by atoms with Crippen molar-refractivity contribution < 1.29 is 0 Å². The first-order valence-electron chi connectivity index (χ1n) is 8.81. The van der Waals surface area contributed by atoms with Crippen LogP contribution in [-0.4, -0.2) is 47.3 Å².